The van der Waals surface area contributed by atoms with E-state index in [4.69, 9.17) is 4.74 Å². The normalized spacial score (nSPS) is 10.2. The van der Waals surface area contributed by atoms with E-state index in [9.17, 15) is 4.79 Å². The Morgan fingerprint density at radius 2 is 2.00 bits per heavy atom. The highest BCUT2D eigenvalue weighted by Gasteiger charge is 2.06. The molecular formula is C17H20N2O2. The summed E-state index contributed by atoms with van der Waals surface area (Å²) in [5.41, 5.74) is 2.76. The molecule has 0 saturated heterocycles. The van der Waals surface area contributed by atoms with E-state index >= 15 is 0 Å². The average Bonchev–Trinajstić information content (AvgIpc) is 2.53. The van der Waals surface area contributed by atoms with Gasteiger partial charge >= 0.3 is 5.97 Å². The van der Waals surface area contributed by atoms with E-state index in [0.717, 1.165) is 12.1 Å². The van der Waals surface area contributed by atoms with Gasteiger partial charge in [0.05, 0.1) is 12.7 Å². The maximum atomic E-state index is 11.5. The zero-order chi connectivity index (χ0) is 15.1. The fraction of sp³-hybridized carbons (Fsp3) is 0.294. The second-order valence-corrected chi connectivity index (χ2v) is 4.85. The van der Waals surface area contributed by atoms with E-state index in [1.54, 1.807) is 18.3 Å². The van der Waals surface area contributed by atoms with E-state index in [1.165, 1.54) is 25.5 Å². The maximum Gasteiger partial charge on any atom is 0.338 e. The molecule has 0 radical (unpaired) electrons. The number of benzene rings is 1. The number of nitrogens with zero attached hydrogens (tertiary/aromatic N) is 1. The fourth-order valence-corrected chi connectivity index (χ4v) is 2.03. The van der Waals surface area contributed by atoms with Crippen LogP contribution in [-0.4, -0.2) is 18.1 Å². The molecule has 4 heteroatoms. The van der Waals surface area contributed by atoms with Crippen molar-refractivity contribution in [2.45, 2.75) is 26.2 Å². The number of hydrogen-bond donors (Lipinski definition) is 1. The van der Waals surface area contributed by atoms with Gasteiger partial charge in [-0.3, -0.25) is 0 Å². The van der Waals surface area contributed by atoms with Gasteiger partial charge in [0, 0.05) is 11.9 Å². The van der Waals surface area contributed by atoms with Crippen LogP contribution in [-0.2, 0) is 11.2 Å². The van der Waals surface area contributed by atoms with Gasteiger partial charge < -0.3 is 10.1 Å². The van der Waals surface area contributed by atoms with Gasteiger partial charge in [0.2, 0.25) is 0 Å². The molecule has 0 aliphatic rings. The van der Waals surface area contributed by atoms with Crippen molar-refractivity contribution in [3.8, 4) is 0 Å². The number of anilines is 2. The van der Waals surface area contributed by atoms with Crippen molar-refractivity contribution in [3.63, 3.8) is 0 Å². The van der Waals surface area contributed by atoms with E-state index in [-0.39, 0.29) is 5.97 Å². The Bertz CT molecular complexity index is 594. The lowest BCUT2D eigenvalue weighted by Crippen LogP contribution is -2.03. The third-order valence-corrected chi connectivity index (χ3v) is 3.23. The summed E-state index contributed by atoms with van der Waals surface area (Å²) in [5, 5.41) is 3.19. The Morgan fingerprint density at radius 3 is 2.67 bits per heavy atom. The van der Waals surface area contributed by atoms with Gasteiger partial charge in [0.25, 0.3) is 0 Å². The molecule has 1 aromatic heterocycles. The second kappa shape index (κ2) is 7.43. The van der Waals surface area contributed by atoms with Crippen LogP contribution in [0.4, 0.5) is 11.5 Å². The smallest absolute Gasteiger partial charge is 0.338 e. The van der Waals surface area contributed by atoms with Crippen molar-refractivity contribution in [3.05, 3.63) is 53.7 Å². The van der Waals surface area contributed by atoms with E-state index in [0.29, 0.717) is 11.4 Å². The molecule has 0 saturated carbocycles. The molecule has 0 amide bonds. The Hall–Kier alpha value is -2.36. The number of unbranched alkanes of at least 4 members (excludes halogenated alkanes) is 1. The Kier molecular flexibility index (Phi) is 5.32. The molecule has 0 aliphatic carbocycles. The predicted molar refractivity (Wildman–Crippen MR) is 83.9 cm³/mol. The number of pyridine rings is 1. The van der Waals surface area contributed by atoms with Crippen molar-refractivity contribution in [2.75, 3.05) is 12.4 Å². The van der Waals surface area contributed by atoms with Gasteiger partial charge in [-0.25, -0.2) is 9.78 Å². The number of hydrogen-bond acceptors (Lipinski definition) is 4. The summed E-state index contributed by atoms with van der Waals surface area (Å²) in [4.78, 5) is 15.7. The molecule has 0 unspecified atom stereocenters. The second-order valence-electron chi connectivity index (χ2n) is 4.85. The molecule has 0 spiro atoms. The summed E-state index contributed by atoms with van der Waals surface area (Å²) in [6, 6.07) is 11.6. The highest BCUT2D eigenvalue weighted by molar-refractivity contribution is 5.90. The first-order chi connectivity index (χ1) is 10.2. The molecule has 0 atom stereocenters. The zero-order valence-corrected chi connectivity index (χ0v) is 12.4. The first kappa shape index (κ1) is 15.0. The molecule has 110 valence electrons. The minimum Gasteiger partial charge on any atom is -0.465 e. The molecule has 1 aromatic carbocycles. The Morgan fingerprint density at radius 1 is 1.24 bits per heavy atom. The predicted octanol–water partition coefficient (Wildman–Crippen LogP) is 3.95. The third-order valence-electron chi connectivity index (χ3n) is 3.23. The van der Waals surface area contributed by atoms with E-state index in [1.807, 2.05) is 12.1 Å². The van der Waals surface area contributed by atoms with Crippen LogP contribution in [0.1, 0.15) is 35.7 Å². The van der Waals surface area contributed by atoms with Gasteiger partial charge in [-0.2, -0.15) is 0 Å². The molecule has 1 N–H and O–H groups in total. The number of carbonyl (C=O) groups is 1. The van der Waals surface area contributed by atoms with Crippen LogP contribution in [0.15, 0.2) is 42.6 Å². The lowest BCUT2D eigenvalue weighted by Gasteiger charge is -2.08. The average molecular weight is 284 g/mol. The number of aryl methyl sites for hydroxylation is 1. The number of ether oxygens (including phenoxy) is 1. The van der Waals surface area contributed by atoms with Crippen LogP contribution in [0.5, 0.6) is 0 Å². The summed E-state index contributed by atoms with van der Waals surface area (Å²) in [5.74, 6) is 0.259. The Balaban J connectivity index is 2.06. The summed E-state index contributed by atoms with van der Waals surface area (Å²) < 4.78 is 4.70. The lowest BCUT2D eigenvalue weighted by molar-refractivity contribution is 0.0600. The summed E-state index contributed by atoms with van der Waals surface area (Å²) >= 11 is 0. The summed E-state index contributed by atoms with van der Waals surface area (Å²) in [6.07, 6.45) is 5.09. The van der Waals surface area contributed by atoms with Crippen LogP contribution in [0.3, 0.4) is 0 Å². The van der Waals surface area contributed by atoms with Crippen LogP contribution < -0.4 is 5.32 Å². The van der Waals surface area contributed by atoms with Crippen molar-refractivity contribution >= 4 is 17.5 Å². The molecule has 0 fully saturated rings. The standard InChI is InChI=1S/C17H20N2O2/c1-3-4-5-13-6-8-15(9-7-13)19-16-12-14(10-11-18-16)17(20)21-2/h6-12H,3-5H2,1-2H3,(H,18,19). The molecule has 0 bridgehead atoms. The number of nitrogens with one attached hydrogen (secondary N) is 1. The number of carbonyl (C=O) groups excluding carboxylic acids is 1. The minimum atomic E-state index is -0.365. The topological polar surface area (TPSA) is 51.2 Å². The van der Waals surface area contributed by atoms with Crippen LogP contribution in [0.25, 0.3) is 0 Å². The zero-order valence-electron chi connectivity index (χ0n) is 12.4. The summed E-state index contributed by atoms with van der Waals surface area (Å²) in [6.45, 7) is 2.19. The van der Waals surface area contributed by atoms with Gasteiger partial charge in [0.1, 0.15) is 5.82 Å². The number of rotatable bonds is 6. The van der Waals surface area contributed by atoms with Gasteiger partial charge in [-0.15, -0.1) is 0 Å². The number of methoxy groups -OCH3 is 1. The fourth-order valence-electron chi connectivity index (χ4n) is 2.03. The molecule has 21 heavy (non-hydrogen) atoms. The first-order valence-corrected chi connectivity index (χ1v) is 7.13. The van der Waals surface area contributed by atoms with Crippen LogP contribution in [0, 0.1) is 0 Å². The quantitative estimate of drug-likeness (QED) is 0.816. The number of esters is 1. The van der Waals surface area contributed by atoms with Crippen LogP contribution >= 0.6 is 0 Å². The Labute approximate surface area is 125 Å². The van der Waals surface area contributed by atoms with Gasteiger partial charge in [-0.1, -0.05) is 25.5 Å². The largest absolute Gasteiger partial charge is 0.465 e. The van der Waals surface area contributed by atoms with Crippen molar-refractivity contribution in [1.29, 1.82) is 0 Å². The minimum absolute atomic E-state index is 0.365. The highest BCUT2D eigenvalue weighted by atomic mass is 16.5. The molecule has 2 aromatic rings. The van der Waals surface area contributed by atoms with Gasteiger partial charge in [0.15, 0.2) is 0 Å². The molecule has 1 heterocycles. The maximum absolute atomic E-state index is 11.5. The SMILES string of the molecule is CCCCc1ccc(Nc2cc(C(=O)OC)ccn2)cc1. The summed E-state index contributed by atoms with van der Waals surface area (Å²) in [7, 11) is 1.37. The highest BCUT2D eigenvalue weighted by Crippen LogP contribution is 2.17. The van der Waals surface area contributed by atoms with Crippen molar-refractivity contribution < 1.29 is 9.53 Å². The molecule has 4 nitrogen and oxygen atoms in total. The van der Waals surface area contributed by atoms with Crippen molar-refractivity contribution in [1.82, 2.24) is 4.98 Å². The monoisotopic (exact) mass is 284 g/mol. The van der Waals surface area contributed by atoms with E-state index in [2.05, 4.69) is 29.4 Å². The number of aromatic nitrogens is 1. The lowest BCUT2D eigenvalue weighted by atomic mass is 10.1. The van der Waals surface area contributed by atoms with Crippen LogP contribution in [0.2, 0.25) is 0 Å². The van der Waals surface area contributed by atoms with Crippen molar-refractivity contribution in [2.24, 2.45) is 0 Å². The van der Waals surface area contributed by atoms with Gasteiger partial charge in [-0.05, 0) is 42.7 Å². The first-order valence-electron chi connectivity index (χ1n) is 7.13. The van der Waals surface area contributed by atoms with E-state index < -0.39 is 0 Å². The molecular weight excluding hydrogens is 264 g/mol. The molecule has 0 aliphatic heterocycles. The molecule has 2 rings (SSSR count). The third kappa shape index (κ3) is 4.31.